The minimum Gasteiger partial charge on any atom is -0.387 e. The van der Waals surface area contributed by atoms with Gasteiger partial charge in [0.1, 0.15) is 6.10 Å². The second kappa shape index (κ2) is 7.72. The molecular weight excluding hydrogens is 390 g/mol. The van der Waals surface area contributed by atoms with Crippen molar-refractivity contribution in [1.82, 2.24) is 0 Å². The minimum atomic E-state index is -0.418. The van der Waals surface area contributed by atoms with Crippen molar-refractivity contribution in [3.8, 4) is 33.6 Å². The maximum absolute atomic E-state index is 10.6. The number of fused-ring (bicyclic) bond motifs is 6. The molecule has 2 heteroatoms. The summed E-state index contributed by atoms with van der Waals surface area (Å²) in [5.41, 5.74) is 13.6. The molecule has 3 aromatic carbocycles. The first-order valence-corrected chi connectivity index (χ1v) is 11.7. The normalized spacial score (nSPS) is 14.7. The Labute approximate surface area is 189 Å². The summed E-state index contributed by atoms with van der Waals surface area (Å²) in [6.07, 6.45) is 3.77. The van der Waals surface area contributed by atoms with Crippen LogP contribution in [-0.4, -0.2) is 11.2 Å². The van der Waals surface area contributed by atoms with E-state index in [0.29, 0.717) is 6.54 Å². The molecule has 1 N–H and O–H groups in total. The zero-order chi connectivity index (χ0) is 21.7. The fourth-order valence-corrected chi connectivity index (χ4v) is 5.82. The van der Waals surface area contributed by atoms with Crippen LogP contribution in [0, 0.1) is 0 Å². The highest BCUT2D eigenvalue weighted by molar-refractivity contribution is 5.85. The van der Waals surface area contributed by atoms with Crippen molar-refractivity contribution < 1.29 is 9.67 Å². The van der Waals surface area contributed by atoms with E-state index in [-0.39, 0.29) is 0 Å². The topological polar surface area (TPSA) is 24.1 Å². The van der Waals surface area contributed by atoms with Gasteiger partial charge >= 0.3 is 0 Å². The zero-order valence-corrected chi connectivity index (χ0v) is 18.5. The SMILES string of the molecule is CC(O)C[n+]1c2c(c(-c3ccccc3)c3c1-c1ccccc1CC3)CCc1ccccc1-2. The molecule has 2 aliphatic carbocycles. The first kappa shape index (κ1) is 19.5. The number of rotatable bonds is 3. The largest absolute Gasteiger partial charge is 0.387 e. The van der Waals surface area contributed by atoms with Gasteiger partial charge in [-0.1, -0.05) is 66.7 Å². The van der Waals surface area contributed by atoms with E-state index in [1.165, 1.54) is 55.9 Å². The van der Waals surface area contributed by atoms with Crippen molar-refractivity contribution in [1.29, 1.82) is 0 Å². The van der Waals surface area contributed by atoms with Crippen LogP contribution in [0.1, 0.15) is 29.2 Å². The van der Waals surface area contributed by atoms with Gasteiger partial charge in [0.15, 0.2) is 6.54 Å². The van der Waals surface area contributed by atoms with Crippen molar-refractivity contribution in [3.05, 3.63) is 101 Å². The molecule has 0 spiro atoms. The number of aliphatic hydroxyl groups is 1. The first-order valence-electron chi connectivity index (χ1n) is 11.7. The van der Waals surface area contributed by atoms with E-state index in [0.717, 1.165) is 25.7 Å². The van der Waals surface area contributed by atoms with Gasteiger partial charge in [0.05, 0.1) is 0 Å². The highest BCUT2D eigenvalue weighted by Crippen LogP contribution is 2.44. The monoisotopic (exact) mass is 418 g/mol. The maximum atomic E-state index is 10.6. The molecule has 0 radical (unpaired) electrons. The van der Waals surface area contributed by atoms with Gasteiger partial charge in [-0.25, -0.2) is 0 Å². The number of aromatic nitrogens is 1. The average Bonchev–Trinajstić information content (AvgIpc) is 2.83. The lowest BCUT2D eigenvalue weighted by atomic mass is 9.77. The molecule has 158 valence electrons. The van der Waals surface area contributed by atoms with E-state index in [9.17, 15) is 5.11 Å². The average molecular weight is 419 g/mol. The number of aryl methyl sites for hydroxylation is 2. The molecular formula is C30H28NO+. The van der Waals surface area contributed by atoms with E-state index in [1.807, 2.05) is 6.92 Å². The summed E-state index contributed by atoms with van der Waals surface area (Å²) >= 11 is 0. The highest BCUT2D eigenvalue weighted by Gasteiger charge is 2.37. The van der Waals surface area contributed by atoms with Crippen LogP contribution in [0.5, 0.6) is 0 Å². The smallest absolute Gasteiger partial charge is 0.217 e. The van der Waals surface area contributed by atoms with E-state index in [4.69, 9.17) is 0 Å². The molecule has 2 nitrogen and oxygen atoms in total. The summed E-state index contributed by atoms with van der Waals surface area (Å²) in [5, 5.41) is 10.6. The van der Waals surface area contributed by atoms with E-state index >= 15 is 0 Å². The molecule has 0 saturated carbocycles. The molecule has 1 heterocycles. The van der Waals surface area contributed by atoms with Crippen molar-refractivity contribution >= 4 is 0 Å². The van der Waals surface area contributed by atoms with Crippen molar-refractivity contribution in [2.24, 2.45) is 0 Å². The Morgan fingerprint density at radius 3 is 1.72 bits per heavy atom. The standard InChI is InChI=1S/C30H28NO/c1-20(32)19-31-29-24-13-7-5-9-21(24)15-17-26(29)28(23-11-3-2-4-12-23)27-18-16-22-10-6-8-14-25(22)30(27)31/h2-14,20,32H,15-19H2,1H3/q+1. The molecule has 0 aliphatic heterocycles. The summed E-state index contributed by atoms with van der Waals surface area (Å²) in [7, 11) is 0. The second-order valence-corrected chi connectivity index (χ2v) is 9.17. The predicted molar refractivity (Wildman–Crippen MR) is 129 cm³/mol. The molecule has 6 rings (SSSR count). The van der Waals surface area contributed by atoms with Gasteiger partial charge in [-0.3, -0.25) is 0 Å². The van der Waals surface area contributed by atoms with Crippen LogP contribution in [-0.2, 0) is 32.2 Å². The van der Waals surface area contributed by atoms with Gasteiger partial charge in [0, 0.05) is 27.8 Å². The fraction of sp³-hybridized carbons (Fsp3) is 0.233. The van der Waals surface area contributed by atoms with Gasteiger partial charge in [-0.15, -0.1) is 0 Å². The Balaban J connectivity index is 1.79. The van der Waals surface area contributed by atoms with Crippen LogP contribution in [0.2, 0.25) is 0 Å². The third kappa shape index (κ3) is 3.02. The molecule has 32 heavy (non-hydrogen) atoms. The third-order valence-corrected chi connectivity index (χ3v) is 7.06. The van der Waals surface area contributed by atoms with Crippen LogP contribution in [0.25, 0.3) is 33.6 Å². The predicted octanol–water partition coefficient (Wildman–Crippen LogP) is 5.55. The highest BCUT2D eigenvalue weighted by atomic mass is 16.3. The van der Waals surface area contributed by atoms with Gasteiger partial charge in [0.25, 0.3) is 0 Å². The Kier molecular flexibility index (Phi) is 4.69. The molecule has 4 aromatic rings. The van der Waals surface area contributed by atoms with E-state index < -0.39 is 6.10 Å². The quantitative estimate of drug-likeness (QED) is 0.433. The summed E-state index contributed by atoms with van der Waals surface area (Å²) < 4.78 is 2.44. The van der Waals surface area contributed by atoms with Crippen molar-refractivity contribution in [2.75, 3.05) is 0 Å². The summed E-state index contributed by atoms with van der Waals surface area (Å²) in [6.45, 7) is 2.50. The minimum absolute atomic E-state index is 0.418. The lowest BCUT2D eigenvalue weighted by Crippen LogP contribution is -2.46. The van der Waals surface area contributed by atoms with Gasteiger partial charge in [-0.2, -0.15) is 4.57 Å². The molecule has 0 bridgehead atoms. The molecule has 0 amide bonds. The van der Waals surface area contributed by atoms with Gasteiger partial charge < -0.3 is 5.11 Å². The molecule has 0 fully saturated rings. The number of nitrogens with zero attached hydrogens (tertiary/aromatic N) is 1. The number of aliphatic hydroxyl groups excluding tert-OH is 1. The summed E-state index contributed by atoms with van der Waals surface area (Å²) in [6, 6.07) is 28.6. The van der Waals surface area contributed by atoms with Crippen LogP contribution in [0.3, 0.4) is 0 Å². The van der Waals surface area contributed by atoms with Crippen molar-refractivity contribution in [3.63, 3.8) is 0 Å². The summed E-state index contributed by atoms with van der Waals surface area (Å²) in [4.78, 5) is 0. The Hall–Kier alpha value is -3.23. The van der Waals surface area contributed by atoms with Gasteiger partial charge in [-0.05, 0) is 61.4 Å². The van der Waals surface area contributed by atoms with Crippen LogP contribution in [0.15, 0.2) is 78.9 Å². The Morgan fingerprint density at radius 2 is 1.19 bits per heavy atom. The van der Waals surface area contributed by atoms with Gasteiger partial charge in [0.2, 0.25) is 11.4 Å². The zero-order valence-electron chi connectivity index (χ0n) is 18.5. The van der Waals surface area contributed by atoms with Crippen LogP contribution in [0.4, 0.5) is 0 Å². The molecule has 1 unspecified atom stereocenters. The van der Waals surface area contributed by atoms with Crippen LogP contribution < -0.4 is 4.57 Å². The van der Waals surface area contributed by atoms with Crippen molar-refractivity contribution in [2.45, 2.75) is 45.3 Å². The van der Waals surface area contributed by atoms with Crippen LogP contribution >= 0.6 is 0 Å². The number of benzene rings is 3. The molecule has 1 aromatic heterocycles. The third-order valence-electron chi connectivity index (χ3n) is 7.06. The second-order valence-electron chi connectivity index (χ2n) is 9.17. The molecule has 1 atom stereocenters. The Morgan fingerprint density at radius 1 is 0.688 bits per heavy atom. The first-order chi connectivity index (χ1) is 15.7. The molecule has 0 saturated heterocycles. The Bertz CT molecular complexity index is 1240. The number of hydrogen-bond acceptors (Lipinski definition) is 1. The lowest BCUT2D eigenvalue weighted by Gasteiger charge is -2.28. The number of pyridine rings is 1. The molecule has 2 aliphatic rings. The summed E-state index contributed by atoms with van der Waals surface area (Å²) in [5.74, 6) is 0. The number of hydrogen-bond donors (Lipinski definition) is 1. The fourth-order valence-electron chi connectivity index (χ4n) is 5.82. The lowest BCUT2D eigenvalue weighted by molar-refractivity contribution is -0.682. The van der Waals surface area contributed by atoms with E-state index in [2.05, 4.69) is 83.4 Å². The maximum Gasteiger partial charge on any atom is 0.217 e. The van der Waals surface area contributed by atoms with E-state index in [1.54, 1.807) is 0 Å².